The molecule has 1 fully saturated rings. The molecule has 37 heavy (non-hydrogen) atoms. The van der Waals surface area contributed by atoms with Crippen molar-refractivity contribution in [1.29, 1.82) is 0 Å². The van der Waals surface area contributed by atoms with Gasteiger partial charge in [-0.15, -0.1) is 10.2 Å². The Balaban J connectivity index is 1.37. The summed E-state index contributed by atoms with van der Waals surface area (Å²) >= 11 is 0. The number of nitrogens with zero attached hydrogens (tertiary/aromatic N) is 6. The molecule has 0 unspecified atom stereocenters. The molecular formula is C27H26N6O3S. The van der Waals surface area contributed by atoms with E-state index in [9.17, 15) is 8.42 Å². The molecule has 6 rings (SSSR count). The summed E-state index contributed by atoms with van der Waals surface area (Å²) in [5.41, 5.74) is 3.14. The summed E-state index contributed by atoms with van der Waals surface area (Å²) in [4.78, 5) is 2.30. The van der Waals surface area contributed by atoms with E-state index in [0.29, 0.717) is 43.2 Å². The molecule has 1 saturated heterocycles. The van der Waals surface area contributed by atoms with Gasteiger partial charge >= 0.3 is 0 Å². The maximum absolute atomic E-state index is 13.8. The highest BCUT2D eigenvalue weighted by molar-refractivity contribution is 7.89. The molecule has 0 spiro atoms. The van der Waals surface area contributed by atoms with Gasteiger partial charge < -0.3 is 9.64 Å². The number of hydrogen-bond acceptors (Lipinski definition) is 7. The Morgan fingerprint density at radius 2 is 1.54 bits per heavy atom. The standard InChI is InChI=1S/C27H26N6O3S/c1-19-22-10-6-7-11-23(22)27-29-28-26(33(27)30-19)20-12-13-24(36-2)25(18-20)37(34,35)32-16-14-31(15-17-32)21-8-4-3-5-9-21/h3-13,18H,14-17H2,1-2H3. The predicted octanol–water partition coefficient (Wildman–Crippen LogP) is 3.77. The Morgan fingerprint density at radius 3 is 2.27 bits per heavy atom. The van der Waals surface area contributed by atoms with E-state index in [4.69, 9.17) is 9.84 Å². The van der Waals surface area contributed by atoms with Crippen molar-refractivity contribution in [2.45, 2.75) is 11.8 Å². The summed E-state index contributed by atoms with van der Waals surface area (Å²) in [6.07, 6.45) is 0. The first-order valence-corrected chi connectivity index (χ1v) is 13.5. The van der Waals surface area contributed by atoms with Gasteiger partial charge in [-0.1, -0.05) is 42.5 Å². The van der Waals surface area contributed by atoms with Gasteiger partial charge in [-0.25, -0.2) is 8.42 Å². The summed E-state index contributed by atoms with van der Waals surface area (Å²) in [6.45, 7) is 3.91. The van der Waals surface area contributed by atoms with Crippen LogP contribution < -0.4 is 9.64 Å². The second-order valence-corrected chi connectivity index (χ2v) is 10.9. The number of methoxy groups -OCH3 is 1. The van der Waals surface area contributed by atoms with Crippen molar-refractivity contribution in [3.63, 3.8) is 0 Å². The third-order valence-electron chi connectivity index (χ3n) is 6.85. The molecule has 3 heterocycles. The van der Waals surface area contributed by atoms with E-state index in [1.807, 2.05) is 61.5 Å². The SMILES string of the molecule is COc1ccc(-c2nnc3c4ccccc4c(C)nn23)cc1S(=O)(=O)N1CCN(c2ccccc2)CC1. The minimum absolute atomic E-state index is 0.106. The largest absolute Gasteiger partial charge is 0.495 e. The zero-order valence-electron chi connectivity index (χ0n) is 20.6. The molecule has 0 saturated carbocycles. The molecular weight excluding hydrogens is 488 g/mol. The fraction of sp³-hybridized carbons (Fsp3) is 0.222. The average Bonchev–Trinajstić information content (AvgIpc) is 3.37. The van der Waals surface area contributed by atoms with Crippen LogP contribution >= 0.6 is 0 Å². The van der Waals surface area contributed by atoms with E-state index < -0.39 is 10.0 Å². The highest BCUT2D eigenvalue weighted by atomic mass is 32.2. The first-order valence-electron chi connectivity index (χ1n) is 12.1. The third-order valence-corrected chi connectivity index (χ3v) is 8.77. The molecule has 3 aromatic carbocycles. The Hall–Kier alpha value is -4.02. The van der Waals surface area contributed by atoms with Gasteiger partial charge in [0.1, 0.15) is 10.6 Å². The van der Waals surface area contributed by atoms with Crippen molar-refractivity contribution in [3.8, 4) is 17.1 Å². The lowest BCUT2D eigenvalue weighted by Gasteiger charge is -2.35. The number of ether oxygens (including phenoxy) is 1. The Kier molecular flexibility index (Phi) is 5.77. The lowest BCUT2D eigenvalue weighted by atomic mass is 10.1. The van der Waals surface area contributed by atoms with E-state index in [0.717, 1.165) is 22.2 Å². The summed E-state index contributed by atoms with van der Waals surface area (Å²) in [6, 6.07) is 23.0. The van der Waals surface area contributed by atoms with Gasteiger partial charge in [-0.05, 0) is 37.3 Å². The summed E-state index contributed by atoms with van der Waals surface area (Å²) in [7, 11) is -2.34. The van der Waals surface area contributed by atoms with E-state index in [-0.39, 0.29) is 10.6 Å². The molecule has 9 nitrogen and oxygen atoms in total. The van der Waals surface area contributed by atoms with Gasteiger partial charge in [0, 0.05) is 48.2 Å². The number of benzene rings is 3. The highest BCUT2D eigenvalue weighted by Crippen LogP contribution is 2.33. The molecule has 0 radical (unpaired) electrons. The lowest BCUT2D eigenvalue weighted by molar-refractivity contribution is 0.374. The smallest absolute Gasteiger partial charge is 0.246 e. The van der Waals surface area contributed by atoms with Crippen molar-refractivity contribution < 1.29 is 13.2 Å². The fourth-order valence-electron chi connectivity index (χ4n) is 4.90. The predicted molar refractivity (Wildman–Crippen MR) is 142 cm³/mol. The summed E-state index contributed by atoms with van der Waals surface area (Å²) in [5.74, 6) is 0.759. The van der Waals surface area contributed by atoms with Gasteiger partial charge in [0.05, 0.1) is 12.8 Å². The van der Waals surface area contributed by atoms with E-state index in [1.54, 1.807) is 22.7 Å². The van der Waals surface area contributed by atoms with E-state index in [1.165, 1.54) is 11.4 Å². The molecule has 1 aliphatic rings. The summed E-state index contributed by atoms with van der Waals surface area (Å²) < 4.78 is 36.3. The van der Waals surface area contributed by atoms with Crippen LogP contribution in [0.5, 0.6) is 5.75 Å². The van der Waals surface area contributed by atoms with Crippen LogP contribution in [0.2, 0.25) is 0 Å². The van der Waals surface area contributed by atoms with Crippen molar-refractivity contribution >= 4 is 32.1 Å². The minimum Gasteiger partial charge on any atom is -0.495 e. The third kappa shape index (κ3) is 3.98. The van der Waals surface area contributed by atoms with Crippen molar-refractivity contribution in [1.82, 2.24) is 24.1 Å². The molecule has 0 N–H and O–H groups in total. The van der Waals surface area contributed by atoms with Crippen LogP contribution in [-0.2, 0) is 10.0 Å². The quantitative estimate of drug-likeness (QED) is 0.352. The Labute approximate surface area is 215 Å². The van der Waals surface area contributed by atoms with Crippen molar-refractivity contribution in [2.24, 2.45) is 0 Å². The number of rotatable bonds is 5. The normalized spacial score (nSPS) is 14.9. The van der Waals surface area contributed by atoms with Crippen molar-refractivity contribution in [3.05, 3.63) is 78.5 Å². The first-order chi connectivity index (χ1) is 18.0. The monoisotopic (exact) mass is 514 g/mol. The van der Waals surface area contributed by atoms with Crippen LogP contribution in [0, 0.1) is 6.92 Å². The molecule has 0 aliphatic carbocycles. The van der Waals surface area contributed by atoms with Crippen LogP contribution in [0.3, 0.4) is 0 Å². The van der Waals surface area contributed by atoms with Crippen LogP contribution in [0.25, 0.3) is 27.8 Å². The van der Waals surface area contributed by atoms with Gasteiger partial charge in [-0.3, -0.25) is 0 Å². The zero-order valence-corrected chi connectivity index (χ0v) is 21.4. The van der Waals surface area contributed by atoms with Crippen LogP contribution in [0.4, 0.5) is 5.69 Å². The average molecular weight is 515 g/mol. The maximum atomic E-state index is 13.8. The Morgan fingerprint density at radius 1 is 0.838 bits per heavy atom. The van der Waals surface area contributed by atoms with Gasteiger partial charge in [0.15, 0.2) is 11.5 Å². The molecule has 2 aromatic heterocycles. The number of fused-ring (bicyclic) bond motifs is 3. The zero-order chi connectivity index (χ0) is 25.6. The molecule has 188 valence electrons. The van der Waals surface area contributed by atoms with Crippen LogP contribution in [-0.4, -0.2) is 65.8 Å². The second kappa shape index (κ2) is 9.13. The fourth-order valence-corrected chi connectivity index (χ4v) is 6.51. The minimum atomic E-state index is -3.82. The van der Waals surface area contributed by atoms with Gasteiger partial charge in [0.25, 0.3) is 0 Å². The van der Waals surface area contributed by atoms with Crippen molar-refractivity contribution in [2.75, 3.05) is 38.2 Å². The molecule has 1 aliphatic heterocycles. The Bertz CT molecular complexity index is 1710. The van der Waals surface area contributed by atoms with E-state index >= 15 is 0 Å². The van der Waals surface area contributed by atoms with Crippen LogP contribution in [0.1, 0.15) is 5.69 Å². The molecule has 0 bridgehead atoms. The molecule has 0 amide bonds. The number of sulfonamides is 1. The number of anilines is 1. The second-order valence-electron chi connectivity index (χ2n) is 8.98. The van der Waals surface area contributed by atoms with Gasteiger partial charge in [0.2, 0.25) is 10.0 Å². The maximum Gasteiger partial charge on any atom is 0.246 e. The number of piperazine rings is 1. The number of aromatic nitrogens is 4. The topological polar surface area (TPSA) is 92.9 Å². The molecule has 5 aromatic rings. The molecule has 10 heteroatoms. The first kappa shape index (κ1) is 23.4. The van der Waals surface area contributed by atoms with Crippen LogP contribution in [0.15, 0.2) is 77.7 Å². The lowest BCUT2D eigenvalue weighted by Crippen LogP contribution is -2.48. The molecule has 0 atom stereocenters. The van der Waals surface area contributed by atoms with Gasteiger partial charge in [-0.2, -0.15) is 13.9 Å². The number of para-hydroxylation sites is 1. The van der Waals surface area contributed by atoms with E-state index in [2.05, 4.69) is 15.1 Å². The summed E-state index contributed by atoms with van der Waals surface area (Å²) in [5, 5.41) is 15.4. The number of hydrogen-bond donors (Lipinski definition) is 0. The number of aryl methyl sites for hydroxylation is 1. The highest BCUT2D eigenvalue weighted by Gasteiger charge is 2.31.